The third-order valence-corrected chi connectivity index (χ3v) is 5.10. The molecule has 140 valence electrons. The van der Waals surface area contributed by atoms with Gasteiger partial charge in [0, 0.05) is 32.4 Å². The minimum Gasteiger partial charge on any atom is -0.371 e. The molecular weight excluding hydrogens is 332 g/mol. The number of anilines is 1. The molecule has 1 N–H and O–H groups in total. The van der Waals surface area contributed by atoms with Gasteiger partial charge in [0.2, 0.25) is 5.91 Å². The summed E-state index contributed by atoms with van der Waals surface area (Å²) in [6, 6.07) is 9.74. The van der Waals surface area contributed by atoms with Gasteiger partial charge in [-0.1, -0.05) is 18.2 Å². The number of hydrogen-bond acceptors (Lipinski definition) is 4. The van der Waals surface area contributed by atoms with Crippen molar-refractivity contribution < 1.29 is 14.4 Å². The van der Waals surface area contributed by atoms with Gasteiger partial charge < -0.3 is 15.1 Å². The van der Waals surface area contributed by atoms with E-state index in [4.69, 9.17) is 0 Å². The van der Waals surface area contributed by atoms with Crippen LogP contribution in [0.25, 0.3) is 0 Å². The van der Waals surface area contributed by atoms with Gasteiger partial charge in [-0.15, -0.1) is 0 Å². The smallest absolute Gasteiger partial charge is 0.325 e. The molecule has 0 bridgehead atoms. The minimum absolute atomic E-state index is 0.209. The number of nitrogens with one attached hydrogen (secondary N) is 1. The normalized spacial score (nSPS) is 21.9. The molecule has 3 rings (SSSR count). The van der Waals surface area contributed by atoms with Crippen molar-refractivity contribution in [2.24, 2.45) is 5.92 Å². The quantitative estimate of drug-likeness (QED) is 0.806. The Kier molecular flexibility index (Phi) is 4.89. The fourth-order valence-corrected chi connectivity index (χ4v) is 3.56. The first-order valence-electron chi connectivity index (χ1n) is 8.96. The van der Waals surface area contributed by atoms with E-state index in [1.54, 1.807) is 25.8 Å². The Morgan fingerprint density at radius 3 is 2.58 bits per heavy atom. The van der Waals surface area contributed by atoms with Gasteiger partial charge in [0.1, 0.15) is 12.1 Å². The predicted molar refractivity (Wildman–Crippen MR) is 98.7 cm³/mol. The number of rotatable bonds is 5. The summed E-state index contributed by atoms with van der Waals surface area (Å²) in [5, 5.41) is 2.59. The van der Waals surface area contributed by atoms with Crippen molar-refractivity contribution in [3.63, 3.8) is 0 Å². The molecule has 4 amide bonds. The average Bonchev–Trinajstić information content (AvgIpc) is 3.14. The molecule has 1 aromatic rings. The molecule has 0 aromatic heterocycles. The highest BCUT2D eigenvalue weighted by Crippen LogP contribution is 2.24. The van der Waals surface area contributed by atoms with Gasteiger partial charge >= 0.3 is 6.03 Å². The number of nitrogens with zero attached hydrogens (tertiary/aromatic N) is 3. The van der Waals surface area contributed by atoms with Crippen molar-refractivity contribution in [1.29, 1.82) is 0 Å². The van der Waals surface area contributed by atoms with Crippen molar-refractivity contribution in [2.75, 3.05) is 38.1 Å². The van der Waals surface area contributed by atoms with E-state index in [9.17, 15) is 14.4 Å². The van der Waals surface area contributed by atoms with E-state index in [2.05, 4.69) is 22.3 Å². The first kappa shape index (κ1) is 18.2. The van der Waals surface area contributed by atoms with E-state index in [0.29, 0.717) is 12.5 Å². The molecule has 1 atom stereocenters. The van der Waals surface area contributed by atoms with Crippen molar-refractivity contribution in [3.05, 3.63) is 30.3 Å². The van der Waals surface area contributed by atoms with Crippen LogP contribution in [0.2, 0.25) is 0 Å². The Balaban J connectivity index is 1.52. The van der Waals surface area contributed by atoms with Gasteiger partial charge in [0.15, 0.2) is 0 Å². The summed E-state index contributed by atoms with van der Waals surface area (Å²) in [7, 11) is 1.73. The number of benzene rings is 1. The maximum atomic E-state index is 12.5. The average molecular weight is 358 g/mol. The highest BCUT2D eigenvalue weighted by Gasteiger charge is 2.45. The number of carbonyl (C=O) groups excluding carboxylic acids is 3. The lowest BCUT2D eigenvalue weighted by molar-refractivity contribution is -0.138. The summed E-state index contributed by atoms with van der Waals surface area (Å²) < 4.78 is 0. The largest absolute Gasteiger partial charge is 0.371 e. The van der Waals surface area contributed by atoms with Gasteiger partial charge in [-0.3, -0.25) is 14.5 Å². The molecule has 2 aliphatic rings. The third kappa shape index (κ3) is 3.66. The molecule has 0 aliphatic carbocycles. The van der Waals surface area contributed by atoms with Crippen LogP contribution in [0.15, 0.2) is 30.3 Å². The Hall–Kier alpha value is -2.57. The molecular formula is C19H26N4O3. The molecule has 0 radical (unpaired) electrons. The van der Waals surface area contributed by atoms with E-state index in [1.165, 1.54) is 5.69 Å². The van der Waals surface area contributed by atoms with E-state index in [-0.39, 0.29) is 18.4 Å². The van der Waals surface area contributed by atoms with Crippen LogP contribution in [0.1, 0.15) is 20.3 Å². The Bertz CT molecular complexity index is 704. The SMILES string of the molecule is CN(C[C@@H]1CCN(c2ccccc2)C1)C(=O)CN1C(=O)NC(C)(C)C1=O. The molecule has 2 heterocycles. The molecule has 2 fully saturated rings. The Morgan fingerprint density at radius 1 is 1.27 bits per heavy atom. The van der Waals surface area contributed by atoms with Crippen LogP contribution >= 0.6 is 0 Å². The molecule has 1 aromatic carbocycles. The zero-order valence-corrected chi connectivity index (χ0v) is 15.6. The van der Waals surface area contributed by atoms with Crippen LogP contribution in [0.5, 0.6) is 0 Å². The molecule has 2 aliphatic heterocycles. The second kappa shape index (κ2) is 6.97. The van der Waals surface area contributed by atoms with Crippen LogP contribution in [-0.4, -0.2) is 66.4 Å². The van der Waals surface area contributed by atoms with Crippen LogP contribution < -0.4 is 10.2 Å². The summed E-state index contributed by atoms with van der Waals surface area (Å²) in [6.45, 7) is 5.56. The van der Waals surface area contributed by atoms with Crippen molar-refractivity contribution in [1.82, 2.24) is 15.1 Å². The highest BCUT2D eigenvalue weighted by molar-refractivity contribution is 6.08. The van der Waals surface area contributed by atoms with Gasteiger partial charge in [-0.25, -0.2) is 4.79 Å². The monoisotopic (exact) mass is 358 g/mol. The highest BCUT2D eigenvalue weighted by atomic mass is 16.2. The number of imide groups is 1. The van der Waals surface area contributed by atoms with Gasteiger partial charge in [0.05, 0.1) is 0 Å². The lowest BCUT2D eigenvalue weighted by Crippen LogP contribution is -2.44. The maximum Gasteiger partial charge on any atom is 0.325 e. The van der Waals surface area contributed by atoms with Crippen molar-refractivity contribution in [3.8, 4) is 0 Å². The zero-order chi connectivity index (χ0) is 18.9. The Labute approximate surface area is 153 Å². The van der Waals surface area contributed by atoms with Crippen LogP contribution in [0, 0.1) is 5.92 Å². The number of para-hydroxylation sites is 1. The fraction of sp³-hybridized carbons (Fsp3) is 0.526. The summed E-state index contributed by atoms with van der Waals surface area (Å²) >= 11 is 0. The third-order valence-electron chi connectivity index (χ3n) is 5.10. The van der Waals surface area contributed by atoms with Crippen LogP contribution in [0.3, 0.4) is 0 Å². The summed E-state index contributed by atoms with van der Waals surface area (Å²) in [5.74, 6) is -0.201. The molecule has 26 heavy (non-hydrogen) atoms. The van der Waals surface area contributed by atoms with Gasteiger partial charge in [-0.2, -0.15) is 0 Å². The molecule has 7 nitrogen and oxygen atoms in total. The van der Waals surface area contributed by atoms with Crippen molar-refractivity contribution in [2.45, 2.75) is 25.8 Å². The summed E-state index contributed by atoms with van der Waals surface area (Å²) in [6.07, 6.45) is 1.02. The molecule has 0 spiro atoms. The number of urea groups is 1. The first-order valence-corrected chi connectivity index (χ1v) is 8.96. The standard InChI is InChI=1S/C19H26N4O3/c1-19(2)17(25)23(18(26)20-19)13-16(24)21(3)11-14-9-10-22(12-14)15-7-5-4-6-8-15/h4-8,14H,9-13H2,1-3H3,(H,20,26)/t14-/m0/s1. The Morgan fingerprint density at radius 2 is 1.96 bits per heavy atom. The molecule has 2 saturated heterocycles. The van der Waals surface area contributed by atoms with Gasteiger partial charge in [0.25, 0.3) is 5.91 Å². The van der Waals surface area contributed by atoms with E-state index < -0.39 is 11.6 Å². The molecule has 0 unspecified atom stereocenters. The number of hydrogen-bond donors (Lipinski definition) is 1. The second-order valence-corrected chi connectivity index (χ2v) is 7.66. The lowest BCUT2D eigenvalue weighted by Gasteiger charge is -2.24. The topological polar surface area (TPSA) is 73.0 Å². The van der Waals surface area contributed by atoms with Crippen molar-refractivity contribution >= 4 is 23.5 Å². The van der Waals surface area contributed by atoms with Crippen LogP contribution in [-0.2, 0) is 9.59 Å². The number of amides is 4. The van der Waals surface area contributed by atoms with E-state index in [1.807, 2.05) is 18.2 Å². The van der Waals surface area contributed by atoms with Crippen LogP contribution in [0.4, 0.5) is 10.5 Å². The number of likely N-dealkylation sites (N-methyl/N-ethyl adjacent to an activating group) is 1. The van der Waals surface area contributed by atoms with E-state index >= 15 is 0 Å². The molecule has 0 saturated carbocycles. The molecule has 7 heteroatoms. The minimum atomic E-state index is -0.947. The second-order valence-electron chi connectivity index (χ2n) is 7.66. The number of carbonyl (C=O) groups is 3. The summed E-state index contributed by atoms with van der Waals surface area (Å²) in [5.41, 5.74) is 0.253. The predicted octanol–water partition coefficient (Wildman–Crippen LogP) is 1.30. The lowest BCUT2D eigenvalue weighted by atomic mass is 10.1. The zero-order valence-electron chi connectivity index (χ0n) is 15.6. The summed E-state index contributed by atoms with van der Waals surface area (Å²) in [4.78, 5) is 41.6. The van der Waals surface area contributed by atoms with E-state index in [0.717, 1.165) is 24.4 Å². The van der Waals surface area contributed by atoms with Gasteiger partial charge in [-0.05, 0) is 38.3 Å². The fourth-order valence-electron chi connectivity index (χ4n) is 3.56. The first-order chi connectivity index (χ1) is 12.3. The maximum absolute atomic E-state index is 12.5.